The first kappa shape index (κ1) is 14.0. The summed E-state index contributed by atoms with van der Waals surface area (Å²) in [5, 5.41) is 2.81. The largest absolute Gasteiger partial charge is 0.341 e. The molecule has 1 aromatic carbocycles. The van der Waals surface area contributed by atoms with Crippen molar-refractivity contribution < 1.29 is 4.79 Å². The molecule has 4 rings (SSSR count). The molecule has 0 saturated carbocycles. The number of hydrogen-bond acceptors (Lipinski definition) is 7. The number of fused-ring (bicyclic) bond motifs is 1. The van der Waals surface area contributed by atoms with Crippen molar-refractivity contribution in [2.24, 2.45) is 0 Å². The molecular weight excluding hydrogens is 312 g/mol. The minimum Gasteiger partial charge on any atom is -0.341 e. The maximum Gasteiger partial charge on any atom is 0.255 e. The summed E-state index contributed by atoms with van der Waals surface area (Å²) in [6.07, 6.45) is 5.63. The molecule has 0 radical (unpaired) electrons. The van der Waals surface area contributed by atoms with Crippen LogP contribution in [0.5, 0.6) is 0 Å². The molecule has 0 unspecified atom stereocenters. The maximum absolute atomic E-state index is 12.3. The van der Waals surface area contributed by atoms with Gasteiger partial charge in [-0.3, -0.25) is 4.79 Å². The van der Waals surface area contributed by atoms with Crippen molar-refractivity contribution in [3.05, 3.63) is 36.2 Å². The number of nitrogens with zero attached hydrogens (tertiary/aromatic N) is 5. The first-order chi connectivity index (χ1) is 11.3. The third-order valence-electron chi connectivity index (χ3n) is 3.80. The lowest BCUT2D eigenvalue weighted by atomic mass is 10.2. The van der Waals surface area contributed by atoms with E-state index >= 15 is 0 Å². The molecule has 0 aliphatic carbocycles. The fourth-order valence-corrected chi connectivity index (χ4v) is 3.11. The van der Waals surface area contributed by atoms with Gasteiger partial charge in [0.1, 0.15) is 11.0 Å². The van der Waals surface area contributed by atoms with Crippen molar-refractivity contribution in [3.8, 4) is 0 Å². The van der Waals surface area contributed by atoms with Crippen molar-refractivity contribution in [3.63, 3.8) is 0 Å². The van der Waals surface area contributed by atoms with Gasteiger partial charge >= 0.3 is 0 Å². The second kappa shape index (κ2) is 5.88. The average Bonchev–Trinajstić information content (AvgIpc) is 3.26. The first-order valence-electron chi connectivity index (χ1n) is 7.40. The standard InChI is InChI=1S/C15H14N6OS/c22-14(10-3-4-12-13(7-10)20-23-19-12)18-11-8-16-15(17-9-11)21-5-1-2-6-21/h3-4,7-9H,1-2,5-6H2,(H,18,22). The molecule has 0 bridgehead atoms. The molecule has 3 aromatic rings. The predicted octanol–water partition coefficient (Wildman–Crippen LogP) is 2.33. The first-order valence-corrected chi connectivity index (χ1v) is 8.13. The van der Waals surface area contributed by atoms with E-state index in [1.165, 1.54) is 12.8 Å². The van der Waals surface area contributed by atoms with E-state index in [1.54, 1.807) is 30.6 Å². The van der Waals surface area contributed by atoms with Crippen LogP contribution in [0.2, 0.25) is 0 Å². The number of carbonyl (C=O) groups is 1. The molecule has 1 N–H and O–H groups in total. The molecule has 116 valence electrons. The summed E-state index contributed by atoms with van der Waals surface area (Å²) in [5.41, 5.74) is 2.64. The Balaban J connectivity index is 1.49. The number of rotatable bonds is 3. The fourth-order valence-electron chi connectivity index (χ4n) is 2.59. The van der Waals surface area contributed by atoms with E-state index < -0.39 is 0 Å². The van der Waals surface area contributed by atoms with Crippen LogP contribution in [0.4, 0.5) is 11.6 Å². The number of hydrogen-bond donors (Lipinski definition) is 1. The molecule has 2 aromatic heterocycles. The number of amides is 1. The lowest BCUT2D eigenvalue weighted by Crippen LogP contribution is -2.20. The van der Waals surface area contributed by atoms with Crippen LogP contribution in [-0.4, -0.2) is 37.7 Å². The molecule has 0 atom stereocenters. The highest BCUT2D eigenvalue weighted by Crippen LogP contribution is 2.17. The van der Waals surface area contributed by atoms with Crippen molar-refractivity contribution in [2.75, 3.05) is 23.3 Å². The molecule has 1 saturated heterocycles. The topological polar surface area (TPSA) is 83.9 Å². The van der Waals surface area contributed by atoms with E-state index in [4.69, 9.17) is 0 Å². The van der Waals surface area contributed by atoms with E-state index in [9.17, 15) is 4.79 Å². The molecule has 8 heteroatoms. The summed E-state index contributed by atoms with van der Waals surface area (Å²) in [6.45, 7) is 1.99. The van der Waals surface area contributed by atoms with Gasteiger partial charge in [-0.25, -0.2) is 9.97 Å². The SMILES string of the molecule is O=C(Nc1cnc(N2CCCC2)nc1)c1ccc2nsnc2c1. The van der Waals surface area contributed by atoms with Crippen molar-refractivity contribution in [1.82, 2.24) is 18.7 Å². The fraction of sp³-hybridized carbons (Fsp3) is 0.267. The van der Waals surface area contributed by atoms with Gasteiger partial charge in [-0.05, 0) is 31.0 Å². The van der Waals surface area contributed by atoms with Crippen LogP contribution in [0.25, 0.3) is 11.0 Å². The summed E-state index contributed by atoms with van der Waals surface area (Å²) < 4.78 is 8.27. The number of anilines is 2. The zero-order chi connectivity index (χ0) is 15.6. The Kier molecular flexibility index (Phi) is 3.58. The highest BCUT2D eigenvalue weighted by molar-refractivity contribution is 7.00. The zero-order valence-electron chi connectivity index (χ0n) is 12.3. The van der Waals surface area contributed by atoms with Crippen LogP contribution in [0.3, 0.4) is 0 Å². The van der Waals surface area contributed by atoms with Gasteiger partial charge in [-0.1, -0.05) is 0 Å². The van der Waals surface area contributed by atoms with Gasteiger partial charge < -0.3 is 10.2 Å². The van der Waals surface area contributed by atoms with Crippen molar-refractivity contribution in [1.29, 1.82) is 0 Å². The van der Waals surface area contributed by atoms with Gasteiger partial charge in [0, 0.05) is 18.7 Å². The Labute approximate surface area is 136 Å². The van der Waals surface area contributed by atoms with Crippen molar-refractivity contribution >= 4 is 40.3 Å². The smallest absolute Gasteiger partial charge is 0.255 e. The quantitative estimate of drug-likeness (QED) is 0.795. The minimum absolute atomic E-state index is 0.211. The third kappa shape index (κ3) is 2.85. The van der Waals surface area contributed by atoms with E-state index in [1.807, 2.05) is 0 Å². The summed E-state index contributed by atoms with van der Waals surface area (Å²) in [4.78, 5) is 23.1. The van der Waals surface area contributed by atoms with Gasteiger partial charge in [-0.2, -0.15) is 8.75 Å². The lowest BCUT2D eigenvalue weighted by Gasteiger charge is -2.14. The summed E-state index contributed by atoms with van der Waals surface area (Å²) >= 11 is 1.13. The molecule has 1 aliphatic rings. The second-order valence-corrected chi connectivity index (χ2v) is 5.92. The Hall–Kier alpha value is -2.61. The van der Waals surface area contributed by atoms with Gasteiger partial charge in [0.2, 0.25) is 5.95 Å². The Morgan fingerprint density at radius 1 is 1.09 bits per heavy atom. The normalized spacial score (nSPS) is 14.3. The predicted molar refractivity (Wildman–Crippen MR) is 88.8 cm³/mol. The van der Waals surface area contributed by atoms with Crippen molar-refractivity contribution in [2.45, 2.75) is 12.8 Å². The summed E-state index contributed by atoms with van der Waals surface area (Å²) in [5.74, 6) is 0.507. The molecule has 1 amide bonds. The monoisotopic (exact) mass is 326 g/mol. The lowest BCUT2D eigenvalue weighted by molar-refractivity contribution is 0.102. The van der Waals surface area contributed by atoms with Crippen LogP contribution in [0, 0.1) is 0 Å². The van der Waals surface area contributed by atoms with E-state index in [-0.39, 0.29) is 5.91 Å². The number of carbonyl (C=O) groups excluding carboxylic acids is 1. The van der Waals surface area contributed by atoms with Gasteiger partial charge in [0.05, 0.1) is 29.8 Å². The Morgan fingerprint density at radius 2 is 1.83 bits per heavy atom. The highest BCUT2D eigenvalue weighted by atomic mass is 32.1. The molecular formula is C15H14N6OS. The molecule has 23 heavy (non-hydrogen) atoms. The highest BCUT2D eigenvalue weighted by Gasteiger charge is 2.15. The molecule has 7 nitrogen and oxygen atoms in total. The van der Waals surface area contributed by atoms with Gasteiger partial charge in [0.25, 0.3) is 5.91 Å². The van der Waals surface area contributed by atoms with E-state index in [0.29, 0.717) is 11.3 Å². The number of aromatic nitrogens is 4. The summed E-state index contributed by atoms with van der Waals surface area (Å²) in [7, 11) is 0. The van der Waals surface area contributed by atoms with Gasteiger partial charge in [0.15, 0.2) is 0 Å². The van der Waals surface area contributed by atoms with Crippen LogP contribution >= 0.6 is 11.7 Å². The average molecular weight is 326 g/mol. The minimum atomic E-state index is -0.211. The Bertz CT molecular complexity index is 841. The molecule has 0 spiro atoms. The molecule has 1 aliphatic heterocycles. The Morgan fingerprint density at radius 3 is 2.61 bits per heavy atom. The maximum atomic E-state index is 12.3. The van der Waals surface area contributed by atoms with E-state index in [2.05, 4.69) is 28.9 Å². The second-order valence-electron chi connectivity index (χ2n) is 5.39. The number of nitrogens with one attached hydrogen (secondary N) is 1. The summed E-state index contributed by atoms with van der Waals surface area (Å²) in [6, 6.07) is 5.26. The number of benzene rings is 1. The van der Waals surface area contributed by atoms with Crippen LogP contribution < -0.4 is 10.2 Å². The van der Waals surface area contributed by atoms with Gasteiger partial charge in [-0.15, -0.1) is 0 Å². The van der Waals surface area contributed by atoms with E-state index in [0.717, 1.165) is 41.8 Å². The van der Waals surface area contributed by atoms with Crippen LogP contribution in [-0.2, 0) is 0 Å². The third-order valence-corrected chi connectivity index (χ3v) is 4.36. The molecule has 3 heterocycles. The zero-order valence-corrected chi connectivity index (χ0v) is 13.1. The van der Waals surface area contributed by atoms with Crippen LogP contribution in [0.15, 0.2) is 30.6 Å². The molecule has 1 fully saturated rings. The van der Waals surface area contributed by atoms with Crippen LogP contribution in [0.1, 0.15) is 23.2 Å².